The van der Waals surface area contributed by atoms with Crippen molar-refractivity contribution in [2.45, 2.75) is 18.1 Å². The van der Waals surface area contributed by atoms with Gasteiger partial charge in [0.15, 0.2) is 5.16 Å². The van der Waals surface area contributed by atoms with Gasteiger partial charge in [0.2, 0.25) is 5.91 Å². The maximum atomic E-state index is 12.8. The Hall–Kier alpha value is -2.75. The molecule has 0 radical (unpaired) electrons. The summed E-state index contributed by atoms with van der Waals surface area (Å²) in [5.41, 5.74) is 2.05. The van der Waals surface area contributed by atoms with E-state index >= 15 is 0 Å². The monoisotopic (exact) mass is 464 g/mol. The second-order valence-electron chi connectivity index (χ2n) is 7.72. The summed E-state index contributed by atoms with van der Waals surface area (Å²) in [6, 6.07) is 18.5. The van der Waals surface area contributed by atoms with Crippen molar-refractivity contribution in [2.75, 3.05) is 31.9 Å². The molecule has 0 spiro atoms. The first-order chi connectivity index (χ1) is 15.7. The predicted octanol–water partition coefficient (Wildman–Crippen LogP) is 3.87. The summed E-state index contributed by atoms with van der Waals surface area (Å²) in [7, 11) is 0. The van der Waals surface area contributed by atoms with Crippen molar-refractivity contribution < 1.29 is 4.79 Å². The van der Waals surface area contributed by atoms with Crippen LogP contribution in [0.2, 0.25) is 0 Å². The zero-order valence-electron chi connectivity index (χ0n) is 17.8. The second-order valence-corrected chi connectivity index (χ2v) is 9.73. The normalized spacial score (nSPS) is 15.8. The number of hydrogen-bond acceptors (Lipinski definition) is 7. The van der Waals surface area contributed by atoms with E-state index in [1.165, 1.54) is 16.5 Å². The van der Waals surface area contributed by atoms with Crippen LogP contribution in [0.1, 0.15) is 18.0 Å². The molecule has 5 rings (SSSR count). The van der Waals surface area contributed by atoms with Gasteiger partial charge >= 0.3 is 0 Å². The van der Waals surface area contributed by atoms with Gasteiger partial charge in [-0.2, -0.15) is 0 Å². The molecule has 1 fully saturated rings. The van der Waals surface area contributed by atoms with Gasteiger partial charge in [-0.05, 0) is 31.2 Å². The predicted molar refractivity (Wildman–Crippen MR) is 128 cm³/mol. The molecule has 1 aliphatic heterocycles. The molecule has 1 saturated heterocycles. The van der Waals surface area contributed by atoms with Gasteiger partial charge in [-0.3, -0.25) is 14.3 Å². The molecule has 4 aromatic rings. The molecule has 32 heavy (non-hydrogen) atoms. The lowest BCUT2D eigenvalue weighted by atomic mass is 10.2. The van der Waals surface area contributed by atoms with Gasteiger partial charge in [-0.1, -0.05) is 42.1 Å². The third-order valence-electron chi connectivity index (χ3n) is 5.76. The highest BCUT2D eigenvalue weighted by Crippen LogP contribution is 2.30. The Kier molecular flexibility index (Phi) is 6.20. The number of nitrogens with zero attached hydrogens (tertiary/aromatic N) is 6. The van der Waals surface area contributed by atoms with Crippen molar-refractivity contribution >= 4 is 39.2 Å². The molecule has 0 bridgehead atoms. The molecule has 0 saturated carbocycles. The zero-order chi connectivity index (χ0) is 21.9. The summed E-state index contributed by atoms with van der Waals surface area (Å²) in [4.78, 5) is 22.0. The minimum absolute atomic E-state index is 0.143. The van der Waals surface area contributed by atoms with Gasteiger partial charge in [0.1, 0.15) is 11.3 Å². The number of thioether (sulfide) groups is 1. The third-order valence-corrected chi connectivity index (χ3v) is 7.89. The molecule has 164 valence electrons. The van der Waals surface area contributed by atoms with Crippen molar-refractivity contribution in [3.05, 3.63) is 65.9 Å². The van der Waals surface area contributed by atoms with E-state index in [4.69, 9.17) is 4.98 Å². The van der Waals surface area contributed by atoms with Crippen LogP contribution in [0.5, 0.6) is 0 Å². The van der Waals surface area contributed by atoms with Crippen LogP contribution < -0.4 is 0 Å². The van der Waals surface area contributed by atoms with E-state index in [9.17, 15) is 4.79 Å². The number of thiazole rings is 1. The number of piperazine rings is 1. The molecule has 1 aliphatic rings. The number of fused-ring (bicyclic) bond motifs is 1. The Bertz CT molecular complexity index is 1170. The smallest absolute Gasteiger partial charge is 0.233 e. The molecule has 0 N–H and O–H groups in total. The molecule has 9 heteroatoms. The van der Waals surface area contributed by atoms with Crippen molar-refractivity contribution in [1.82, 2.24) is 29.5 Å². The van der Waals surface area contributed by atoms with E-state index < -0.39 is 0 Å². The number of carbonyl (C=O) groups is 1. The lowest BCUT2D eigenvalue weighted by molar-refractivity contribution is -0.130. The van der Waals surface area contributed by atoms with E-state index in [1.54, 1.807) is 17.7 Å². The quantitative estimate of drug-likeness (QED) is 0.404. The molecular weight excluding hydrogens is 440 g/mol. The Morgan fingerprint density at radius 2 is 1.81 bits per heavy atom. The lowest BCUT2D eigenvalue weighted by Crippen LogP contribution is -2.49. The van der Waals surface area contributed by atoms with Crippen LogP contribution in [0.3, 0.4) is 0 Å². The standard InChI is InChI=1S/C23H24N6OS2/c1-17(22-25-19-9-5-6-10-20(19)32-22)27-11-13-28(14-12-27)21(30)15-31-23-26-24-16-29(23)18-7-3-2-4-8-18/h2-10,16-17H,11-15H2,1H3. The summed E-state index contributed by atoms with van der Waals surface area (Å²) >= 11 is 3.19. The van der Waals surface area contributed by atoms with Crippen LogP contribution in [0.4, 0.5) is 0 Å². The molecule has 1 unspecified atom stereocenters. The average Bonchev–Trinajstić information content (AvgIpc) is 3.50. The van der Waals surface area contributed by atoms with Gasteiger partial charge in [0, 0.05) is 31.9 Å². The molecule has 3 heterocycles. The summed E-state index contributed by atoms with van der Waals surface area (Å²) in [5.74, 6) is 0.503. The Morgan fingerprint density at radius 1 is 1.06 bits per heavy atom. The van der Waals surface area contributed by atoms with Gasteiger partial charge in [0.25, 0.3) is 0 Å². The number of aromatic nitrogens is 4. The molecule has 2 aromatic heterocycles. The Morgan fingerprint density at radius 3 is 2.59 bits per heavy atom. The fourth-order valence-electron chi connectivity index (χ4n) is 3.89. The molecule has 0 aliphatic carbocycles. The first kappa shape index (κ1) is 21.1. The van der Waals surface area contributed by atoms with Crippen molar-refractivity contribution in [1.29, 1.82) is 0 Å². The fraction of sp³-hybridized carbons (Fsp3) is 0.304. The average molecular weight is 465 g/mol. The Labute approximate surface area is 195 Å². The maximum absolute atomic E-state index is 12.8. The summed E-state index contributed by atoms with van der Waals surface area (Å²) in [6.07, 6.45) is 1.68. The topological polar surface area (TPSA) is 67.2 Å². The maximum Gasteiger partial charge on any atom is 0.233 e. The number of para-hydroxylation sites is 2. The van der Waals surface area contributed by atoms with Gasteiger partial charge in [-0.25, -0.2) is 4.98 Å². The number of amides is 1. The minimum atomic E-state index is 0.143. The van der Waals surface area contributed by atoms with Crippen LogP contribution in [-0.4, -0.2) is 67.4 Å². The van der Waals surface area contributed by atoms with E-state index in [0.29, 0.717) is 5.75 Å². The molecule has 7 nitrogen and oxygen atoms in total. The number of benzene rings is 2. The molecule has 1 atom stereocenters. The third kappa shape index (κ3) is 4.41. The highest BCUT2D eigenvalue weighted by atomic mass is 32.2. The zero-order valence-corrected chi connectivity index (χ0v) is 19.4. The fourth-order valence-corrected chi connectivity index (χ4v) is 5.78. The number of hydrogen-bond donors (Lipinski definition) is 0. The van der Waals surface area contributed by atoms with Crippen molar-refractivity contribution in [3.63, 3.8) is 0 Å². The molecule has 1 amide bonds. The molecule has 2 aromatic carbocycles. The van der Waals surface area contributed by atoms with Crippen molar-refractivity contribution in [2.24, 2.45) is 0 Å². The Balaban J connectivity index is 1.15. The van der Waals surface area contributed by atoms with Crippen LogP contribution in [0.25, 0.3) is 15.9 Å². The minimum Gasteiger partial charge on any atom is -0.339 e. The highest BCUT2D eigenvalue weighted by molar-refractivity contribution is 7.99. The SMILES string of the molecule is CC(c1nc2ccccc2s1)N1CCN(C(=O)CSc2nncn2-c2ccccc2)CC1. The van der Waals surface area contributed by atoms with Crippen molar-refractivity contribution in [3.8, 4) is 5.69 Å². The van der Waals surface area contributed by atoms with Gasteiger partial charge in [0.05, 0.1) is 22.0 Å². The summed E-state index contributed by atoms with van der Waals surface area (Å²) in [5, 5.41) is 10.1. The van der Waals surface area contributed by atoms with E-state index in [2.05, 4.69) is 40.2 Å². The van der Waals surface area contributed by atoms with E-state index in [0.717, 1.165) is 47.5 Å². The number of carbonyl (C=O) groups excluding carboxylic acids is 1. The van der Waals surface area contributed by atoms with Gasteiger partial charge < -0.3 is 4.90 Å². The summed E-state index contributed by atoms with van der Waals surface area (Å²) in [6.45, 7) is 5.39. The number of rotatable bonds is 6. The van der Waals surface area contributed by atoms with E-state index in [-0.39, 0.29) is 11.9 Å². The largest absolute Gasteiger partial charge is 0.339 e. The van der Waals surface area contributed by atoms with Crippen LogP contribution in [-0.2, 0) is 4.79 Å². The first-order valence-corrected chi connectivity index (χ1v) is 12.4. The highest BCUT2D eigenvalue weighted by Gasteiger charge is 2.26. The van der Waals surface area contributed by atoms with Crippen LogP contribution in [0.15, 0.2) is 66.1 Å². The summed E-state index contributed by atoms with van der Waals surface area (Å²) < 4.78 is 3.14. The van der Waals surface area contributed by atoms with Crippen LogP contribution in [0, 0.1) is 0 Å². The van der Waals surface area contributed by atoms with Gasteiger partial charge in [-0.15, -0.1) is 21.5 Å². The van der Waals surface area contributed by atoms with Crippen LogP contribution >= 0.6 is 23.1 Å². The van der Waals surface area contributed by atoms with E-state index in [1.807, 2.05) is 45.9 Å². The molecular formula is C23H24N6OS2. The second kappa shape index (κ2) is 9.40. The first-order valence-electron chi connectivity index (χ1n) is 10.6. The lowest BCUT2D eigenvalue weighted by Gasteiger charge is -2.37.